The zero-order valence-electron chi connectivity index (χ0n) is 19.2. The number of imidazole rings is 1. The molecule has 0 atom stereocenters. The van der Waals surface area contributed by atoms with E-state index in [1.54, 1.807) is 44.2 Å². The van der Waals surface area contributed by atoms with Crippen LogP contribution in [0, 0.1) is 0 Å². The van der Waals surface area contributed by atoms with E-state index in [1.807, 2.05) is 0 Å². The lowest BCUT2D eigenvalue weighted by atomic mass is 10.3. The SMILES string of the molecule is COC(=O)c1cc(NC(=O)c2nc(NC(=O)CCNC(=O)c3cc(N)cn3C)cn2C)cn1C. The number of aromatic nitrogens is 4. The first-order valence-corrected chi connectivity index (χ1v) is 10.2. The van der Waals surface area contributed by atoms with Crippen molar-refractivity contribution in [2.24, 2.45) is 21.1 Å². The van der Waals surface area contributed by atoms with Crippen LogP contribution in [0.5, 0.6) is 0 Å². The van der Waals surface area contributed by atoms with Gasteiger partial charge in [-0.25, -0.2) is 9.78 Å². The first-order valence-electron chi connectivity index (χ1n) is 10.2. The number of rotatable bonds is 8. The van der Waals surface area contributed by atoms with Crippen LogP contribution in [-0.4, -0.2) is 56.0 Å². The average Bonchev–Trinajstić information content (AvgIpc) is 3.43. The van der Waals surface area contributed by atoms with Crippen LogP contribution in [0.1, 0.15) is 38.0 Å². The highest BCUT2D eigenvalue weighted by molar-refractivity contribution is 6.03. The van der Waals surface area contributed by atoms with E-state index in [0.29, 0.717) is 17.1 Å². The van der Waals surface area contributed by atoms with Gasteiger partial charge in [0.15, 0.2) is 5.82 Å². The first kappa shape index (κ1) is 24.1. The number of amides is 3. The molecule has 0 saturated heterocycles. The lowest BCUT2D eigenvalue weighted by Crippen LogP contribution is -2.29. The van der Waals surface area contributed by atoms with E-state index in [-0.39, 0.29) is 42.1 Å². The van der Waals surface area contributed by atoms with Crippen molar-refractivity contribution < 1.29 is 23.9 Å². The molecular formula is C21H26N8O5. The third kappa shape index (κ3) is 5.43. The predicted molar refractivity (Wildman–Crippen MR) is 123 cm³/mol. The number of hydrogen-bond acceptors (Lipinski definition) is 7. The number of anilines is 3. The Labute approximate surface area is 194 Å². The van der Waals surface area contributed by atoms with Crippen molar-refractivity contribution >= 4 is 40.9 Å². The molecule has 3 rings (SSSR count). The number of nitrogens with one attached hydrogen (secondary N) is 3. The molecule has 0 radical (unpaired) electrons. The van der Waals surface area contributed by atoms with Gasteiger partial charge in [-0.05, 0) is 12.1 Å². The lowest BCUT2D eigenvalue weighted by Gasteiger charge is -2.06. The molecule has 3 amide bonds. The smallest absolute Gasteiger partial charge is 0.354 e. The van der Waals surface area contributed by atoms with Crippen LogP contribution in [0.3, 0.4) is 0 Å². The molecule has 5 N–H and O–H groups in total. The van der Waals surface area contributed by atoms with Crippen molar-refractivity contribution in [3.63, 3.8) is 0 Å². The van der Waals surface area contributed by atoms with E-state index < -0.39 is 11.9 Å². The molecule has 3 aromatic rings. The fraction of sp³-hybridized carbons (Fsp3) is 0.286. The number of nitrogens with two attached hydrogens (primary N) is 1. The minimum Gasteiger partial charge on any atom is -0.464 e. The van der Waals surface area contributed by atoms with Gasteiger partial charge < -0.3 is 40.1 Å². The summed E-state index contributed by atoms with van der Waals surface area (Å²) in [6.07, 6.45) is 4.67. The van der Waals surface area contributed by atoms with Gasteiger partial charge in [-0.3, -0.25) is 14.4 Å². The molecule has 0 spiro atoms. The number of carbonyl (C=O) groups is 4. The van der Waals surface area contributed by atoms with E-state index in [0.717, 1.165) is 0 Å². The second-order valence-electron chi connectivity index (χ2n) is 7.55. The summed E-state index contributed by atoms with van der Waals surface area (Å²) in [5.74, 6) is -1.56. The van der Waals surface area contributed by atoms with Crippen LogP contribution in [0.15, 0.2) is 30.7 Å². The topological polar surface area (TPSA) is 167 Å². The van der Waals surface area contributed by atoms with Crippen molar-refractivity contribution in [2.75, 3.05) is 30.0 Å². The fourth-order valence-electron chi connectivity index (χ4n) is 3.27. The summed E-state index contributed by atoms with van der Waals surface area (Å²) in [5, 5.41) is 7.90. The van der Waals surface area contributed by atoms with Gasteiger partial charge in [0, 0.05) is 52.7 Å². The van der Waals surface area contributed by atoms with Crippen LogP contribution < -0.4 is 21.7 Å². The van der Waals surface area contributed by atoms with Crippen LogP contribution in [0.4, 0.5) is 17.2 Å². The summed E-state index contributed by atoms with van der Waals surface area (Å²) in [6, 6.07) is 3.02. The van der Waals surface area contributed by atoms with Crippen molar-refractivity contribution in [3.8, 4) is 0 Å². The zero-order chi connectivity index (χ0) is 25.0. The Morgan fingerprint density at radius 1 is 0.941 bits per heavy atom. The largest absolute Gasteiger partial charge is 0.464 e. The molecule has 0 aliphatic carbocycles. The number of methoxy groups -OCH3 is 1. The number of aryl methyl sites for hydroxylation is 3. The third-order valence-corrected chi connectivity index (χ3v) is 4.90. The van der Waals surface area contributed by atoms with E-state index in [2.05, 4.69) is 20.9 Å². The minimum absolute atomic E-state index is 0.00404. The fourth-order valence-corrected chi connectivity index (χ4v) is 3.27. The van der Waals surface area contributed by atoms with Crippen molar-refractivity contribution in [1.82, 2.24) is 24.0 Å². The number of ether oxygens (including phenoxy) is 1. The molecule has 180 valence electrons. The van der Waals surface area contributed by atoms with Crippen LogP contribution in [-0.2, 0) is 30.7 Å². The normalized spacial score (nSPS) is 10.6. The van der Waals surface area contributed by atoms with E-state index >= 15 is 0 Å². The van der Waals surface area contributed by atoms with Gasteiger partial charge in [0.05, 0.1) is 18.5 Å². The van der Waals surface area contributed by atoms with Gasteiger partial charge in [-0.1, -0.05) is 0 Å². The lowest BCUT2D eigenvalue weighted by molar-refractivity contribution is -0.116. The standard InChI is InChI=1S/C21H26N8O5/c1-27-9-12(22)7-14(27)19(31)23-6-5-17(30)25-16-11-29(3)18(26-16)20(32)24-13-8-15(21(33)34-4)28(2)10-13/h7-11H,5-6,22H2,1-4H3,(H,23,31)(H,24,32)(H,25,30). The highest BCUT2D eigenvalue weighted by Gasteiger charge is 2.18. The van der Waals surface area contributed by atoms with Gasteiger partial charge in [-0.2, -0.15) is 0 Å². The summed E-state index contributed by atoms with van der Waals surface area (Å²) >= 11 is 0. The molecule has 3 aromatic heterocycles. The van der Waals surface area contributed by atoms with E-state index in [1.165, 1.54) is 28.5 Å². The van der Waals surface area contributed by atoms with Crippen LogP contribution in [0.2, 0.25) is 0 Å². The number of esters is 1. The molecule has 0 aliphatic heterocycles. The Morgan fingerprint density at radius 2 is 1.65 bits per heavy atom. The van der Waals surface area contributed by atoms with Crippen molar-refractivity contribution in [3.05, 3.63) is 47.9 Å². The van der Waals surface area contributed by atoms with Gasteiger partial charge in [0.1, 0.15) is 11.4 Å². The summed E-state index contributed by atoms with van der Waals surface area (Å²) in [4.78, 5) is 52.9. The summed E-state index contributed by atoms with van der Waals surface area (Å²) < 4.78 is 9.26. The van der Waals surface area contributed by atoms with E-state index in [4.69, 9.17) is 10.5 Å². The zero-order valence-corrected chi connectivity index (χ0v) is 19.2. The number of nitrogens with zero attached hydrogens (tertiary/aromatic N) is 4. The van der Waals surface area contributed by atoms with Gasteiger partial charge in [-0.15, -0.1) is 0 Å². The molecule has 0 aromatic carbocycles. The Bertz CT molecular complexity index is 1250. The maximum Gasteiger partial charge on any atom is 0.354 e. The van der Waals surface area contributed by atoms with Gasteiger partial charge in [0.25, 0.3) is 11.8 Å². The Morgan fingerprint density at radius 3 is 2.29 bits per heavy atom. The van der Waals surface area contributed by atoms with Crippen LogP contribution >= 0.6 is 0 Å². The number of nitrogen functional groups attached to an aromatic ring is 1. The molecular weight excluding hydrogens is 444 g/mol. The molecule has 0 aliphatic rings. The molecule has 34 heavy (non-hydrogen) atoms. The number of carbonyl (C=O) groups excluding carboxylic acids is 4. The predicted octanol–water partition coefficient (Wildman–Crippen LogP) is 0.477. The molecule has 13 nitrogen and oxygen atoms in total. The molecule has 0 bridgehead atoms. The van der Waals surface area contributed by atoms with Gasteiger partial charge >= 0.3 is 5.97 Å². The van der Waals surface area contributed by atoms with Crippen molar-refractivity contribution in [1.29, 1.82) is 0 Å². The second kappa shape index (κ2) is 9.94. The molecule has 3 heterocycles. The average molecular weight is 470 g/mol. The third-order valence-electron chi connectivity index (χ3n) is 4.90. The second-order valence-corrected chi connectivity index (χ2v) is 7.55. The van der Waals surface area contributed by atoms with Crippen LogP contribution in [0.25, 0.3) is 0 Å². The molecule has 0 fully saturated rings. The maximum absolute atomic E-state index is 12.6. The Balaban J connectivity index is 1.54. The molecule has 0 saturated carbocycles. The van der Waals surface area contributed by atoms with Crippen molar-refractivity contribution in [2.45, 2.75) is 6.42 Å². The molecule has 13 heteroatoms. The minimum atomic E-state index is -0.533. The van der Waals surface area contributed by atoms with Gasteiger partial charge in [0.2, 0.25) is 11.7 Å². The maximum atomic E-state index is 12.6. The Kier molecular flexibility index (Phi) is 7.04. The highest BCUT2D eigenvalue weighted by atomic mass is 16.5. The van der Waals surface area contributed by atoms with E-state index in [9.17, 15) is 19.2 Å². The quantitative estimate of drug-likeness (QED) is 0.347. The highest BCUT2D eigenvalue weighted by Crippen LogP contribution is 2.16. The molecule has 0 unspecified atom stereocenters. The monoisotopic (exact) mass is 470 g/mol. The Hall–Kier alpha value is -4.55. The number of hydrogen-bond donors (Lipinski definition) is 4. The summed E-state index contributed by atoms with van der Waals surface area (Å²) in [6.45, 7) is 0.104. The summed E-state index contributed by atoms with van der Waals surface area (Å²) in [5.41, 5.74) is 7.17. The first-order chi connectivity index (χ1) is 16.1. The summed E-state index contributed by atoms with van der Waals surface area (Å²) in [7, 11) is 6.22.